The van der Waals surface area contributed by atoms with Gasteiger partial charge in [-0.1, -0.05) is 13.8 Å². The number of nitrogens with zero attached hydrogens (tertiary/aromatic N) is 3. The van der Waals surface area contributed by atoms with Gasteiger partial charge in [0.05, 0.1) is 5.56 Å². The van der Waals surface area contributed by atoms with Crippen molar-refractivity contribution in [1.29, 1.82) is 0 Å². The van der Waals surface area contributed by atoms with E-state index >= 15 is 0 Å². The van der Waals surface area contributed by atoms with Crippen molar-refractivity contribution in [1.82, 2.24) is 15.3 Å². The van der Waals surface area contributed by atoms with Gasteiger partial charge in [-0.3, -0.25) is 4.79 Å². The molecular weight excluding hydrogens is 248 g/mol. The maximum absolute atomic E-state index is 11.9. The molecule has 0 bridgehead atoms. The second kappa shape index (κ2) is 4.42. The molecule has 1 aliphatic heterocycles. The van der Waals surface area contributed by atoms with Gasteiger partial charge in [0.25, 0.3) is 5.91 Å². The molecule has 1 unspecified atom stereocenters. The third-order valence-electron chi connectivity index (χ3n) is 3.27. The summed E-state index contributed by atoms with van der Waals surface area (Å²) < 4.78 is 0. The molecule has 0 saturated heterocycles. The summed E-state index contributed by atoms with van der Waals surface area (Å²) in [5.74, 6) is -0.788. The normalized spacial score (nSPS) is 22.3. The Morgan fingerprint density at radius 3 is 2.37 bits per heavy atom. The maximum atomic E-state index is 11.9. The van der Waals surface area contributed by atoms with Crippen molar-refractivity contribution < 1.29 is 14.7 Å². The van der Waals surface area contributed by atoms with E-state index < -0.39 is 11.5 Å². The van der Waals surface area contributed by atoms with Crippen LogP contribution in [0.2, 0.25) is 0 Å². The average Bonchev–Trinajstić information content (AvgIpc) is 2.67. The first-order valence-electron chi connectivity index (χ1n) is 5.81. The van der Waals surface area contributed by atoms with Gasteiger partial charge in [-0.15, -0.1) is 0 Å². The van der Waals surface area contributed by atoms with Gasteiger partial charge in [0.15, 0.2) is 11.7 Å². The first-order valence-corrected chi connectivity index (χ1v) is 5.81. The van der Waals surface area contributed by atoms with Crippen LogP contribution in [-0.4, -0.2) is 38.3 Å². The van der Waals surface area contributed by atoms with E-state index in [4.69, 9.17) is 5.11 Å². The third kappa shape index (κ3) is 2.18. The number of amides is 1. The predicted octanol–water partition coefficient (Wildman–Crippen LogP) is 0.466. The highest BCUT2D eigenvalue weighted by atomic mass is 16.4. The van der Waals surface area contributed by atoms with E-state index in [1.54, 1.807) is 6.92 Å². The van der Waals surface area contributed by atoms with Crippen molar-refractivity contribution in [2.24, 2.45) is 10.9 Å². The van der Waals surface area contributed by atoms with Crippen LogP contribution < -0.4 is 5.32 Å². The van der Waals surface area contributed by atoms with Crippen molar-refractivity contribution in [3.63, 3.8) is 0 Å². The first-order chi connectivity index (χ1) is 8.84. The topological polar surface area (TPSA) is 105 Å². The Morgan fingerprint density at radius 1 is 1.37 bits per heavy atom. The molecular formula is C12H14N4O3. The zero-order valence-corrected chi connectivity index (χ0v) is 10.8. The van der Waals surface area contributed by atoms with Crippen LogP contribution in [0, 0.1) is 5.92 Å². The highest BCUT2D eigenvalue weighted by Crippen LogP contribution is 2.26. The molecule has 19 heavy (non-hydrogen) atoms. The summed E-state index contributed by atoms with van der Waals surface area (Å²) in [5.41, 5.74) is -0.857. The molecule has 1 amide bonds. The number of nitrogens with one attached hydrogen (secondary N) is 1. The number of aliphatic imine (C=N–C) groups is 1. The summed E-state index contributed by atoms with van der Waals surface area (Å²) in [6, 6.07) is 0. The van der Waals surface area contributed by atoms with Crippen LogP contribution in [0.15, 0.2) is 17.4 Å². The number of rotatable bonds is 3. The molecule has 0 saturated carbocycles. The second-order valence-corrected chi connectivity index (χ2v) is 4.82. The molecule has 0 spiro atoms. The number of carboxylic acids is 1. The van der Waals surface area contributed by atoms with Crippen LogP contribution in [0.3, 0.4) is 0 Å². The van der Waals surface area contributed by atoms with E-state index in [1.165, 1.54) is 12.4 Å². The maximum Gasteiger partial charge on any atom is 0.338 e. The lowest BCUT2D eigenvalue weighted by Crippen LogP contribution is -2.41. The Morgan fingerprint density at radius 2 is 1.95 bits per heavy atom. The minimum atomic E-state index is -1.10. The highest BCUT2D eigenvalue weighted by Gasteiger charge is 2.42. The quantitative estimate of drug-likeness (QED) is 0.823. The van der Waals surface area contributed by atoms with Gasteiger partial charge < -0.3 is 10.4 Å². The van der Waals surface area contributed by atoms with Crippen LogP contribution >= 0.6 is 0 Å². The fraction of sp³-hybridized carbons (Fsp3) is 0.417. The van der Waals surface area contributed by atoms with E-state index in [0.717, 1.165) is 0 Å². The largest absolute Gasteiger partial charge is 0.478 e. The number of amidine groups is 1. The summed E-state index contributed by atoms with van der Waals surface area (Å²) in [4.78, 5) is 34.8. The van der Waals surface area contributed by atoms with Crippen molar-refractivity contribution in [2.75, 3.05) is 0 Å². The minimum Gasteiger partial charge on any atom is -0.478 e. The van der Waals surface area contributed by atoms with Crippen molar-refractivity contribution in [3.8, 4) is 0 Å². The first kappa shape index (κ1) is 13.1. The Kier molecular flexibility index (Phi) is 3.05. The van der Waals surface area contributed by atoms with Gasteiger partial charge in [-0.2, -0.15) is 0 Å². The number of aromatic nitrogens is 2. The Bertz CT molecular complexity index is 565. The number of carboxylic acid groups (broad SMARTS) is 1. The molecule has 0 fully saturated rings. The van der Waals surface area contributed by atoms with Crippen LogP contribution in [0.4, 0.5) is 0 Å². The number of aromatic carboxylic acids is 1. The van der Waals surface area contributed by atoms with Gasteiger partial charge >= 0.3 is 5.97 Å². The molecule has 1 aromatic rings. The summed E-state index contributed by atoms with van der Waals surface area (Å²) in [7, 11) is 0. The highest BCUT2D eigenvalue weighted by molar-refractivity contribution is 6.13. The molecule has 1 aliphatic rings. The lowest BCUT2D eigenvalue weighted by molar-refractivity contribution is -0.124. The number of carbonyl (C=O) groups is 2. The van der Waals surface area contributed by atoms with E-state index in [0.29, 0.717) is 0 Å². The van der Waals surface area contributed by atoms with Crippen LogP contribution in [0.25, 0.3) is 0 Å². The molecule has 7 nitrogen and oxygen atoms in total. The molecule has 100 valence electrons. The van der Waals surface area contributed by atoms with Gasteiger partial charge in [0, 0.05) is 12.4 Å². The van der Waals surface area contributed by atoms with Crippen molar-refractivity contribution in [2.45, 2.75) is 26.3 Å². The van der Waals surface area contributed by atoms with Gasteiger partial charge in [0.2, 0.25) is 0 Å². The zero-order valence-electron chi connectivity index (χ0n) is 10.8. The summed E-state index contributed by atoms with van der Waals surface area (Å²) in [6.45, 7) is 5.55. The molecule has 1 aromatic heterocycles. The molecule has 2 heterocycles. The number of hydrogen-bond acceptors (Lipinski definition) is 5. The van der Waals surface area contributed by atoms with Crippen LogP contribution in [-0.2, 0) is 4.79 Å². The van der Waals surface area contributed by atoms with Gasteiger partial charge in [-0.25, -0.2) is 19.8 Å². The lowest BCUT2D eigenvalue weighted by atomic mass is 9.89. The molecule has 2 rings (SSSR count). The molecule has 1 atom stereocenters. The van der Waals surface area contributed by atoms with Crippen LogP contribution in [0.1, 0.15) is 37.0 Å². The Hall–Kier alpha value is -2.31. The monoisotopic (exact) mass is 262 g/mol. The minimum absolute atomic E-state index is 0.0136. The smallest absolute Gasteiger partial charge is 0.338 e. The van der Waals surface area contributed by atoms with E-state index in [2.05, 4.69) is 20.3 Å². The molecule has 0 radical (unpaired) electrons. The molecule has 7 heteroatoms. The second-order valence-electron chi connectivity index (χ2n) is 4.82. The fourth-order valence-corrected chi connectivity index (χ4v) is 1.60. The molecule has 0 aromatic carbocycles. The number of carbonyl (C=O) groups excluding carboxylic acids is 1. The van der Waals surface area contributed by atoms with E-state index in [1.807, 2.05) is 13.8 Å². The van der Waals surface area contributed by atoms with E-state index in [9.17, 15) is 9.59 Å². The summed E-state index contributed by atoms with van der Waals surface area (Å²) in [5, 5.41) is 11.4. The van der Waals surface area contributed by atoms with Crippen LogP contribution in [0.5, 0.6) is 0 Å². The summed E-state index contributed by atoms with van der Waals surface area (Å²) >= 11 is 0. The van der Waals surface area contributed by atoms with Gasteiger partial charge in [-0.05, 0) is 12.8 Å². The Balaban J connectivity index is 2.33. The fourth-order valence-electron chi connectivity index (χ4n) is 1.60. The Labute approximate surface area is 109 Å². The lowest BCUT2D eigenvalue weighted by Gasteiger charge is -2.21. The standard InChI is InChI=1S/C12H14N4O3/c1-6(2)12(3)11(19)15-9(16-12)8-13-4-7(5-14-8)10(17)18/h4-6H,1-3H3,(H,17,18)(H,15,16,19). The molecule has 2 N–H and O–H groups in total. The number of hydrogen-bond donors (Lipinski definition) is 2. The summed E-state index contributed by atoms with van der Waals surface area (Å²) in [6.07, 6.45) is 2.37. The predicted molar refractivity (Wildman–Crippen MR) is 66.9 cm³/mol. The van der Waals surface area contributed by atoms with Crippen molar-refractivity contribution >= 4 is 17.7 Å². The third-order valence-corrected chi connectivity index (χ3v) is 3.27. The molecule has 0 aliphatic carbocycles. The van der Waals surface area contributed by atoms with Crippen molar-refractivity contribution in [3.05, 3.63) is 23.8 Å². The SMILES string of the molecule is CC(C)C1(C)N=C(c2ncc(C(=O)O)cn2)NC1=O. The van der Waals surface area contributed by atoms with E-state index in [-0.39, 0.29) is 29.0 Å². The zero-order chi connectivity index (χ0) is 14.2. The average molecular weight is 262 g/mol. The van der Waals surface area contributed by atoms with Gasteiger partial charge in [0.1, 0.15) is 5.54 Å².